The van der Waals surface area contributed by atoms with Crippen LogP contribution in [0, 0.1) is 5.92 Å². The van der Waals surface area contributed by atoms with Crippen molar-refractivity contribution in [2.45, 2.75) is 57.3 Å². The average molecular weight is 440 g/mol. The van der Waals surface area contributed by atoms with Gasteiger partial charge in [0.15, 0.2) is 5.82 Å². The van der Waals surface area contributed by atoms with Crippen LogP contribution in [0.1, 0.15) is 48.9 Å². The molecule has 1 aliphatic heterocycles. The first kappa shape index (κ1) is 23.4. The molecule has 0 unspecified atom stereocenters. The standard InChI is InChI=1S/C20H30F2N6O3/c21-19(22)31-10-9-24-20-26-12-16(18(30)27-14-5-7-23-8-6-14)17(28-20)25-11-13-1-3-15(29)4-2-13/h11-15,19,23,29H,1-10H2,(H,27,30)(H,24,26,28). The molecule has 1 amide bonds. The third-order valence-corrected chi connectivity index (χ3v) is 5.47. The van der Waals surface area contributed by atoms with Crippen LogP contribution in [0.5, 0.6) is 0 Å². The topological polar surface area (TPSA) is 121 Å². The van der Waals surface area contributed by atoms with Gasteiger partial charge in [0.25, 0.3) is 5.91 Å². The summed E-state index contributed by atoms with van der Waals surface area (Å²) in [7, 11) is 0. The Morgan fingerprint density at radius 2 is 2.03 bits per heavy atom. The summed E-state index contributed by atoms with van der Waals surface area (Å²) in [6.07, 6.45) is 7.70. The molecule has 0 spiro atoms. The molecule has 0 bridgehead atoms. The third-order valence-electron chi connectivity index (χ3n) is 5.47. The van der Waals surface area contributed by atoms with Crippen molar-refractivity contribution in [1.29, 1.82) is 0 Å². The lowest BCUT2D eigenvalue weighted by molar-refractivity contribution is -0.125. The Labute approximate surface area is 180 Å². The summed E-state index contributed by atoms with van der Waals surface area (Å²) in [5, 5.41) is 18.7. The molecule has 2 aliphatic rings. The zero-order chi connectivity index (χ0) is 22.1. The van der Waals surface area contributed by atoms with Gasteiger partial charge in [-0.25, -0.2) is 9.98 Å². The minimum absolute atomic E-state index is 0.0784. The fourth-order valence-corrected chi connectivity index (χ4v) is 3.68. The van der Waals surface area contributed by atoms with Gasteiger partial charge in [-0.15, -0.1) is 0 Å². The van der Waals surface area contributed by atoms with E-state index in [-0.39, 0.29) is 54.5 Å². The number of piperidine rings is 1. The Morgan fingerprint density at radius 1 is 1.29 bits per heavy atom. The maximum Gasteiger partial charge on any atom is 0.345 e. The number of alkyl halides is 2. The van der Waals surface area contributed by atoms with Gasteiger partial charge < -0.3 is 25.8 Å². The summed E-state index contributed by atoms with van der Waals surface area (Å²) in [5.41, 5.74) is 0.264. The summed E-state index contributed by atoms with van der Waals surface area (Å²) < 4.78 is 28.4. The van der Waals surface area contributed by atoms with Gasteiger partial charge in [0.05, 0.1) is 12.7 Å². The lowest BCUT2D eigenvalue weighted by Gasteiger charge is -2.24. The largest absolute Gasteiger partial charge is 0.393 e. The Hall–Kier alpha value is -2.24. The summed E-state index contributed by atoms with van der Waals surface area (Å²) >= 11 is 0. The average Bonchev–Trinajstić information content (AvgIpc) is 2.77. The number of halogens is 2. The molecule has 2 fully saturated rings. The number of carbonyl (C=O) groups is 1. The zero-order valence-electron chi connectivity index (χ0n) is 17.4. The second kappa shape index (κ2) is 12.0. The van der Waals surface area contributed by atoms with Crippen molar-refractivity contribution in [3.05, 3.63) is 11.8 Å². The van der Waals surface area contributed by atoms with Crippen LogP contribution in [-0.4, -0.2) is 72.2 Å². The Bertz CT molecular complexity index is 738. The van der Waals surface area contributed by atoms with Gasteiger partial charge in [-0.3, -0.25) is 4.79 Å². The molecule has 1 aromatic rings. The Morgan fingerprint density at radius 3 is 2.74 bits per heavy atom. The van der Waals surface area contributed by atoms with E-state index in [1.165, 1.54) is 6.20 Å². The number of nitrogens with one attached hydrogen (secondary N) is 3. The number of ether oxygens (including phenoxy) is 1. The minimum Gasteiger partial charge on any atom is -0.393 e. The van der Waals surface area contributed by atoms with Crippen LogP contribution in [0.2, 0.25) is 0 Å². The van der Waals surface area contributed by atoms with Crippen molar-refractivity contribution in [2.75, 3.05) is 31.6 Å². The molecule has 31 heavy (non-hydrogen) atoms. The molecule has 0 radical (unpaired) electrons. The smallest absolute Gasteiger partial charge is 0.345 e. The molecule has 1 aliphatic carbocycles. The number of amides is 1. The fraction of sp³-hybridized carbons (Fsp3) is 0.700. The highest BCUT2D eigenvalue weighted by Gasteiger charge is 2.21. The van der Waals surface area contributed by atoms with E-state index in [9.17, 15) is 18.7 Å². The number of aromatic nitrogens is 2. The van der Waals surface area contributed by atoms with E-state index >= 15 is 0 Å². The summed E-state index contributed by atoms with van der Waals surface area (Å²) in [6.45, 7) is -1.25. The number of rotatable bonds is 9. The molecule has 0 atom stereocenters. The second-order valence-electron chi connectivity index (χ2n) is 7.83. The Balaban J connectivity index is 1.70. The van der Waals surface area contributed by atoms with E-state index in [2.05, 4.69) is 35.6 Å². The van der Waals surface area contributed by atoms with Crippen LogP contribution in [0.25, 0.3) is 0 Å². The van der Waals surface area contributed by atoms with Crippen molar-refractivity contribution in [3.8, 4) is 0 Å². The molecule has 0 aromatic carbocycles. The molecular weight excluding hydrogens is 410 g/mol. The van der Waals surface area contributed by atoms with Crippen molar-refractivity contribution in [1.82, 2.24) is 20.6 Å². The predicted molar refractivity (Wildman–Crippen MR) is 112 cm³/mol. The van der Waals surface area contributed by atoms with Crippen LogP contribution in [0.3, 0.4) is 0 Å². The zero-order valence-corrected chi connectivity index (χ0v) is 17.4. The van der Waals surface area contributed by atoms with Gasteiger partial charge in [-0.2, -0.15) is 13.8 Å². The molecule has 2 heterocycles. The number of hydrogen-bond donors (Lipinski definition) is 4. The highest BCUT2D eigenvalue weighted by molar-refractivity contribution is 5.98. The number of hydrogen-bond acceptors (Lipinski definition) is 8. The van der Waals surface area contributed by atoms with Gasteiger partial charge in [0, 0.05) is 25.0 Å². The molecule has 1 saturated heterocycles. The third kappa shape index (κ3) is 7.75. The lowest BCUT2D eigenvalue weighted by atomic mass is 9.88. The van der Waals surface area contributed by atoms with E-state index in [0.717, 1.165) is 51.6 Å². The van der Waals surface area contributed by atoms with E-state index in [1.54, 1.807) is 6.21 Å². The molecule has 1 saturated carbocycles. The quantitative estimate of drug-likeness (QED) is 0.342. The van der Waals surface area contributed by atoms with Crippen molar-refractivity contribution >= 4 is 23.9 Å². The SMILES string of the molecule is O=C(NC1CCNCC1)c1cnc(NCCOC(F)F)nc1N=CC1CCC(O)CC1. The highest BCUT2D eigenvalue weighted by Crippen LogP contribution is 2.24. The predicted octanol–water partition coefficient (Wildman–Crippen LogP) is 1.86. The lowest BCUT2D eigenvalue weighted by Crippen LogP contribution is -2.42. The van der Waals surface area contributed by atoms with E-state index in [4.69, 9.17) is 0 Å². The van der Waals surface area contributed by atoms with Gasteiger partial charge in [-0.05, 0) is 57.5 Å². The number of anilines is 1. The molecule has 1 aromatic heterocycles. The highest BCUT2D eigenvalue weighted by atomic mass is 19.3. The minimum atomic E-state index is -2.84. The Kier molecular flexibility index (Phi) is 9.04. The van der Waals surface area contributed by atoms with Gasteiger partial charge in [0.2, 0.25) is 5.95 Å². The molecular formula is C20H30F2N6O3. The van der Waals surface area contributed by atoms with Gasteiger partial charge in [-0.1, -0.05) is 0 Å². The van der Waals surface area contributed by atoms with Crippen LogP contribution < -0.4 is 16.0 Å². The number of nitrogens with zero attached hydrogens (tertiary/aromatic N) is 3. The first-order valence-corrected chi connectivity index (χ1v) is 10.8. The monoisotopic (exact) mass is 440 g/mol. The molecule has 4 N–H and O–H groups in total. The second-order valence-corrected chi connectivity index (χ2v) is 7.83. The van der Waals surface area contributed by atoms with Crippen LogP contribution in [0.15, 0.2) is 11.2 Å². The molecule has 3 rings (SSSR count). The normalized spacial score (nSPS) is 22.7. The van der Waals surface area contributed by atoms with Crippen LogP contribution in [0.4, 0.5) is 20.5 Å². The maximum absolute atomic E-state index is 12.8. The number of aliphatic hydroxyl groups is 1. The maximum atomic E-state index is 12.8. The number of carbonyl (C=O) groups excluding carboxylic acids is 1. The van der Waals surface area contributed by atoms with Crippen LogP contribution in [-0.2, 0) is 4.74 Å². The first-order chi connectivity index (χ1) is 15.0. The van der Waals surface area contributed by atoms with Gasteiger partial charge >= 0.3 is 6.61 Å². The number of aliphatic imine (C=N–C) groups is 1. The van der Waals surface area contributed by atoms with E-state index < -0.39 is 6.61 Å². The number of aliphatic hydroxyl groups excluding tert-OH is 1. The fourth-order valence-electron chi connectivity index (χ4n) is 3.68. The van der Waals surface area contributed by atoms with E-state index in [0.29, 0.717) is 0 Å². The summed E-state index contributed by atoms with van der Waals surface area (Å²) in [4.78, 5) is 25.7. The van der Waals surface area contributed by atoms with Crippen molar-refractivity contribution in [3.63, 3.8) is 0 Å². The first-order valence-electron chi connectivity index (χ1n) is 10.8. The van der Waals surface area contributed by atoms with Gasteiger partial charge in [0.1, 0.15) is 5.56 Å². The van der Waals surface area contributed by atoms with Crippen molar-refractivity contribution < 1.29 is 23.4 Å². The van der Waals surface area contributed by atoms with Crippen molar-refractivity contribution in [2.24, 2.45) is 10.9 Å². The molecule has 172 valence electrons. The molecule has 9 nitrogen and oxygen atoms in total. The molecule has 11 heteroatoms. The summed E-state index contributed by atoms with van der Waals surface area (Å²) in [5.74, 6) is 0.326. The summed E-state index contributed by atoms with van der Waals surface area (Å²) in [6, 6.07) is 0.0784. The van der Waals surface area contributed by atoms with E-state index in [1.807, 2.05) is 0 Å². The van der Waals surface area contributed by atoms with Crippen LogP contribution >= 0.6 is 0 Å².